The lowest BCUT2D eigenvalue weighted by Gasteiger charge is -2.58. The summed E-state index contributed by atoms with van der Waals surface area (Å²) < 4.78 is 12.2. The monoisotopic (exact) mass is 493 g/mol. The van der Waals surface area contributed by atoms with Crippen LogP contribution in [0.4, 0.5) is 5.82 Å². The molecule has 3 fully saturated rings. The zero-order chi connectivity index (χ0) is 25.4. The standard InChI is InChI=1S/C29H27N5O3/c30-15-21(12-19-6-7-19)28(35)34-16-29(17-34)13-24(14-29)37-27-25(26(31)32-18-33-27)20-8-10-23(11-9-20)36-22-4-2-1-3-5-22/h1-5,8-12,18-19,24H,6-7,13-14,16-17H2,(H2,31,32,33). The number of likely N-dealkylation sites (tertiary alicyclic amines) is 1. The Labute approximate surface area is 215 Å². The van der Waals surface area contributed by atoms with Gasteiger partial charge in [-0.3, -0.25) is 4.79 Å². The van der Waals surface area contributed by atoms with E-state index in [0.29, 0.717) is 42.0 Å². The van der Waals surface area contributed by atoms with Crippen LogP contribution in [0.2, 0.25) is 0 Å². The van der Waals surface area contributed by atoms with Crippen LogP contribution in [0.15, 0.2) is 72.6 Å². The van der Waals surface area contributed by atoms with Crippen LogP contribution in [0.25, 0.3) is 11.1 Å². The van der Waals surface area contributed by atoms with E-state index in [1.54, 1.807) is 4.90 Å². The molecule has 0 unspecified atom stereocenters. The largest absolute Gasteiger partial charge is 0.474 e. The third kappa shape index (κ3) is 4.73. The predicted molar refractivity (Wildman–Crippen MR) is 137 cm³/mol. The molecule has 0 radical (unpaired) electrons. The highest BCUT2D eigenvalue weighted by Crippen LogP contribution is 2.50. The molecule has 1 saturated heterocycles. The molecule has 1 amide bonds. The summed E-state index contributed by atoms with van der Waals surface area (Å²) >= 11 is 0. The molecular weight excluding hydrogens is 466 g/mol. The van der Waals surface area contributed by atoms with Crippen LogP contribution in [-0.4, -0.2) is 40.0 Å². The van der Waals surface area contributed by atoms with E-state index in [9.17, 15) is 10.1 Å². The van der Waals surface area contributed by atoms with E-state index in [2.05, 4.69) is 16.0 Å². The molecule has 3 aromatic rings. The summed E-state index contributed by atoms with van der Waals surface area (Å²) in [4.78, 5) is 23.0. The number of amides is 1. The van der Waals surface area contributed by atoms with Gasteiger partial charge in [-0.25, -0.2) is 9.97 Å². The quantitative estimate of drug-likeness (QED) is 0.373. The lowest BCUT2D eigenvalue weighted by atomic mass is 9.61. The number of hydrogen-bond donors (Lipinski definition) is 1. The molecule has 37 heavy (non-hydrogen) atoms. The van der Waals surface area contributed by atoms with E-state index in [1.807, 2.05) is 60.7 Å². The van der Waals surface area contributed by atoms with E-state index in [1.165, 1.54) is 6.33 Å². The van der Waals surface area contributed by atoms with E-state index in [0.717, 1.165) is 37.0 Å². The van der Waals surface area contributed by atoms with Gasteiger partial charge in [-0.05, 0) is 61.4 Å². The van der Waals surface area contributed by atoms with E-state index in [-0.39, 0.29) is 23.0 Å². The number of nitriles is 1. The van der Waals surface area contributed by atoms with Crippen molar-refractivity contribution in [1.29, 1.82) is 5.26 Å². The minimum atomic E-state index is -0.144. The maximum Gasteiger partial charge on any atom is 0.264 e. The minimum absolute atomic E-state index is 0.0107. The Morgan fingerprint density at radius 2 is 1.76 bits per heavy atom. The van der Waals surface area contributed by atoms with Crippen molar-refractivity contribution in [3.63, 3.8) is 0 Å². The first-order chi connectivity index (χ1) is 18.0. The molecule has 1 spiro atoms. The topological polar surface area (TPSA) is 114 Å². The Bertz CT molecular complexity index is 1380. The average Bonchev–Trinajstić information content (AvgIpc) is 3.68. The zero-order valence-electron chi connectivity index (χ0n) is 20.3. The van der Waals surface area contributed by atoms with Crippen molar-refractivity contribution in [2.75, 3.05) is 18.8 Å². The molecule has 1 aliphatic heterocycles. The fourth-order valence-corrected chi connectivity index (χ4v) is 5.20. The molecule has 1 aromatic heterocycles. The number of carbonyl (C=O) groups excluding carboxylic acids is 1. The molecule has 8 nitrogen and oxygen atoms in total. The third-order valence-corrected chi connectivity index (χ3v) is 7.28. The van der Waals surface area contributed by atoms with Crippen LogP contribution in [0.1, 0.15) is 25.7 Å². The Balaban J connectivity index is 1.09. The number of allylic oxidation sites excluding steroid dienone is 1. The molecular formula is C29H27N5O3. The van der Waals surface area contributed by atoms with Crippen molar-refractivity contribution in [2.24, 2.45) is 11.3 Å². The van der Waals surface area contributed by atoms with Gasteiger partial charge in [0.25, 0.3) is 5.91 Å². The maximum absolute atomic E-state index is 12.6. The number of nitrogens with zero attached hydrogens (tertiary/aromatic N) is 4. The fraction of sp³-hybridized carbons (Fsp3) is 0.310. The predicted octanol–water partition coefficient (Wildman–Crippen LogP) is 4.75. The second-order valence-electron chi connectivity index (χ2n) is 10.2. The number of rotatable bonds is 7. The first-order valence-electron chi connectivity index (χ1n) is 12.5. The number of nitrogens with two attached hydrogens (primary N) is 1. The van der Waals surface area contributed by atoms with Crippen LogP contribution in [0.3, 0.4) is 0 Å². The first-order valence-corrected chi connectivity index (χ1v) is 12.5. The fourth-order valence-electron chi connectivity index (χ4n) is 5.20. The van der Waals surface area contributed by atoms with Crippen molar-refractivity contribution in [3.05, 3.63) is 72.6 Å². The van der Waals surface area contributed by atoms with E-state index < -0.39 is 0 Å². The molecule has 0 bridgehead atoms. The van der Waals surface area contributed by atoms with Gasteiger partial charge in [0.2, 0.25) is 5.88 Å². The summed E-state index contributed by atoms with van der Waals surface area (Å²) in [6.07, 6.45) is 7.04. The number of anilines is 1. The molecule has 6 rings (SSSR count). The Morgan fingerprint density at radius 3 is 2.43 bits per heavy atom. The van der Waals surface area contributed by atoms with Gasteiger partial charge in [-0.15, -0.1) is 0 Å². The molecule has 0 atom stereocenters. The molecule has 2 saturated carbocycles. The van der Waals surface area contributed by atoms with Crippen molar-refractivity contribution in [1.82, 2.24) is 14.9 Å². The second-order valence-corrected chi connectivity index (χ2v) is 10.2. The highest BCUT2D eigenvalue weighted by molar-refractivity contribution is 5.98. The molecule has 2 N–H and O–H groups in total. The van der Waals surface area contributed by atoms with Gasteiger partial charge in [0.15, 0.2) is 0 Å². The summed E-state index contributed by atoms with van der Waals surface area (Å²) in [6.45, 7) is 1.33. The number of nitrogen functional groups attached to an aromatic ring is 1. The molecule has 8 heteroatoms. The lowest BCUT2D eigenvalue weighted by molar-refractivity contribution is -0.156. The van der Waals surface area contributed by atoms with Gasteiger partial charge in [0.05, 0.1) is 5.56 Å². The third-order valence-electron chi connectivity index (χ3n) is 7.28. The van der Waals surface area contributed by atoms with Gasteiger partial charge >= 0.3 is 0 Å². The smallest absolute Gasteiger partial charge is 0.264 e. The first kappa shape index (κ1) is 23.0. The number of benzene rings is 2. The highest BCUT2D eigenvalue weighted by Gasteiger charge is 2.55. The number of hydrogen-bond acceptors (Lipinski definition) is 7. The summed E-state index contributed by atoms with van der Waals surface area (Å²) in [5.41, 5.74) is 8.08. The molecule has 186 valence electrons. The molecule has 2 aliphatic carbocycles. The number of para-hydroxylation sites is 1. The van der Waals surface area contributed by atoms with Gasteiger partial charge in [0, 0.05) is 18.5 Å². The average molecular weight is 494 g/mol. The SMILES string of the molecule is N#CC(=CC1CC1)C(=O)N1CC2(CC(Oc3ncnc(N)c3-c3ccc(Oc4ccccc4)cc3)C2)C1. The Hall–Kier alpha value is -4.38. The normalized spacial score (nSPS) is 18.5. The van der Waals surface area contributed by atoms with Gasteiger partial charge in [-0.2, -0.15) is 5.26 Å². The highest BCUT2D eigenvalue weighted by atomic mass is 16.5. The summed E-state index contributed by atoms with van der Waals surface area (Å²) in [5.74, 6) is 2.54. The van der Waals surface area contributed by atoms with Crippen molar-refractivity contribution >= 4 is 11.7 Å². The lowest BCUT2D eigenvalue weighted by Crippen LogP contribution is -2.66. The molecule has 3 aliphatic rings. The van der Waals surface area contributed by atoms with Crippen LogP contribution >= 0.6 is 0 Å². The maximum atomic E-state index is 12.6. The van der Waals surface area contributed by atoms with Crippen molar-refractivity contribution < 1.29 is 14.3 Å². The number of ether oxygens (including phenoxy) is 2. The van der Waals surface area contributed by atoms with Crippen LogP contribution in [-0.2, 0) is 4.79 Å². The van der Waals surface area contributed by atoms with Gasteiger partial charge in [0.1, 0.15) is 41.4 Å². The van der Waals surface area contributed by atoms with Crippen LogP contribution < -0.4 is 15.2 Å². The Morgan fingerprint density at radius 1 is 1.05 bits per heavy atom. The zero-order valence-corrected chi connectivity index (χ0v) is 20.3. The van der Waals surface area contributed by atoms with E-state index in [4.69, 9.17) is 15.2 Å². The second kappa shape index (κ2) is 9.25. The Kier molecular flexibility index (Phi) is 5.76. The van der Waals surface area contributed by atoms with E-state index >= 15 is 0 Å². The van der Waals surface area contributed by atoms with Crippen molar-refractivity contribution in [3.8, 4) is 34.6 Å². The minimum Gasteiger partial charge on any atom is -0.474 e. The summed E-state index contributed by atoms with van der Waals surface area (Å²) in [6, 6.07) is 19.3. The van der Waals surface area contributed by atoms with Crippen LogP contribution in [0.5, 0.6) is 17.4 Å². The van der Waals surface area contributed by atoms with Crippen LogP contribution in [0, 0.1) is 22.7 Å². The summed E-state index contributed by atoms with van der Waals surface area (Å²) in [7, 11) is 0. The molecule has 2 heterocycles. The number of carbonyl (C=O) groups is 1. The van der Waals surface area contributed by atoms with Crippen molar-refractivity contribution in [2.45, 2.75) is 31.8 Å². The summed E-state index contributed by atoms with van der Waals surface area (Å²) in [5, 5.41) is 9.36. The van der Waals surface area contributed by atoms with Gasteiger partial charge in [-0.1, -0.05) is 36.4 Å². The molecule has 2 aromatic carbocycles. The number of aromatic nitrogens is 2. The van der Waals surface area contributed by atoms with Gasteiger partial charge < -0.3 is 20.1 Å².